The van der Waals surface area contributed by atoms with Crippen LogP contribution in [0.15, 0.2) is 42.5 Å². The topological polar surface area (TPSA) is 75.4 Å². The second-order valence-electron chi connectivity index (χ2n) is 3.90. The van der Waals surface area contributed by atoms with Crippen LogP contribution in [0.5, 0.6) is 5.75 Å². The zero-order chi connectivity index (χ0) is 13.8. The average molecular weight is 370 g/mol. The van der Waals surface area contributed by atoms with Crippen molar-refractivity contribution < 1.29 is 10.0 Å². The van der Waals surface area contributed by atoms with Crippen molar-refractivity contribution in [3.63, 3.8) is 0 Å². The number of benzene rings is 2. The first-order chi connectivity index (χ1) is 9.08. The predicted molar refractivity (Wildman–Crippen MR) is 81.2 cm³/mol. The third kappa shape index (κ3) is 3.34. The number of nitro benzene ring substituents is 1. The second-order valence-corrected chi connectivity index (χ2v) is 5.07. The minimum absolute atomic E-state index is 0.0671. The highest BCUT2D eigenvalue weighted by atomic mass is 127. The summed E-state index contributed by atoms with van der Waals surface area (Å²) >= 11 is 2.04. The fourth-order valence-electron chi connectivity index (χ4n) is 1.61. The Kier molecular flexibility index (Phi) is 4.20. The molecule has 6 heteroatoms. The van der Waals surface area contributed by atoms with Gasteiger partial charge in [0.15, 0.2) is 0 Å². The molecular formula is C13H11IN2O3. The van der Waals surface area contributed by atoms with E-state index in [-0.39, 0.29) is 11.4 Å². The molecule has 0 saturated carbocycles. The molecule has 0 saturated heterocycles. The van der Waals surface area contributed by atoms with E-state index in [2.05, 4.69) is 5.32 Å². The van der Waals surface area contributed by atoms with Crippen molar-refractivity contribution in [2.45, 2.75) is 6.54 Å². The Morgan fingerprint density at radius 1 is 1.26 bits per heavy atom. The molecule has 0 aliphatic rings. The summed E-state index contributed by atoms with van der Waals surface area (Å²) in [5, 5.41) is 23.4. The van der Waals surface area contributed by atoms with Crippen LogP contribution in [0.3, 0.4) is 0 Å². The average Bonchev–Trinajstić information content (AvgIpc) is 2.39. The molecule has 0 radical (unpaired) electrons. The number of nitrogens with one attached hydrogen (secondary N) is 1. The Labute approximate surface area is 123 Å². The van der Waals surface area contributed by atoms with Crippen LogP contribution in [-0.2, 0) is 6.54 Å². The van der Waals surface area contributed by atoms with Crippen molar-refractivity contribution in [2.24, 2.45) is 0 Å². The van der Waals surface area contributed by atoms with Crippen molar-refractivity contribution >= 4 is 34.0 Å². The van der Waals surface area contributed by atoms with E-state index in [1.54, 1.807) is 18.2 Å². The molecule has 19 heavy (non-hydrogen) atoms. The number of phenols is 1. The maximum Gasteiger partial charge on any atom is 0.270 e. The third-order valence-electron chi connectivity index (χ3n) is 2.62. The molecule has 0 bridgehead atoms. The first-order valence-electron chi connectivity index (χ1n) is 5.52. The Balaban J connectivity index is 2.12. The molecule has 0 aromatic heterocycles. The smallest absolute Gasteiger partial charge is 0.270 e. The van der Waals surface area contributed by atoms with E-state index in [1.807, 2.05) is 34.7 Å². The molecule has 0 fully saturated rings. The molecule has 0 spiro atoms. The van der Waals surface area contributed by atoms with Gasteiger partial charge in [-0.25, -0.2) is 0 Å². The maximum atomic E-state index is 10.6. The Morgan fingerprint density at radius 3 is 2.63 bits per heavy atom. The number of phenolic OH excluding ortho intramolecular Hbond substituents is 1. The van der Waals surface area contributed by atoms with E-state index in [0.29, 0.717) is 6.54 Å². The zero-order valence-electron chi connectivity index (χ0n) is 9.84. The fourth-order valence-corrected chi connectivity index (χ4v) is 2.30. The van der Waals surface area contributed by atoms with E-state index in [0.717, 1.165) is 14.8 Å². The summed E-state index contributed by atoms with van der Waals surface area (Å²) in [5.41, 5.74) is 1.64. The Hall–Kier alpha value is -1.83. The van der Waals surface area contributed by atoms with Gasteiger partial charge in [0.1, 0.15) is 5.75 Å². The lowest BCUT2D eigenvalue weighted by Crippen LogP contribution is -2.01. The highest BCUT2D eigenvalue weighted by molar-refractivity contribution is 14.1. The number of hydrogen-bond donors (Lipinski definition) is 2. The van der Waals surface area contributed by atoms with Gasteiger partial charge in [0.05, 0.1) is 4.92 Å². The summed E-state index contributed by atoms with van der Waals surface area (Å²) in [7, 11) is 0. The lowest BCUT2D eigenvalue weighted by molar-refractivity contribution is -0.384. The van der Waals surface area contributed by atoms with Crippen LogP contribution in [0.4, 0.5) is 11.4 Å². The molecule has 0 aliphatic heterocycles. The number of non-ortho nitro benzene ring substituents is 1. The van der Waals surface area contributed by atoms with Crippen molar-refractivity contribution in [1.82, 2.24) is 0 Å². The van der Waals surface area contributed by atoms with Gasteiger partial charge in [0.25, 0.3) is 5.69 Å². The monoisotopic (exact) mass is 370 g/mol. The molecule has 2 aromatic rings. The molecule has 5 nitrogen and oxygen atoms in total. The lowest BCUT2D eigenvalue weighted by atomic mass is 10.2. The van der Waals surface area contributed by atoms with Crippen molar-refractivity contribution in [2.75, 3.05) is 5.32 Å². The van der Waals surface area contributed by atoms with Gasteiger partial charge in [0.2, 0.25) is 0 Å². The number of nitrogens with zero attached hydrogens (tertiary/aromatic N) is 1. The Morgan fingerprint density at radius 2 is 2.00 bits per heavy atom. The van der Waals surface area contributed by atoms with E-state index in [9.17, 15) is 15.2 Å². The first kappa shape index (κ1) is 13.6. The molecule has 0 unspecified atom stereocenters. The molecule has 0 atom stereocenters. The van der Waals surface area contributed by atoms with Gasteiger partial charge in [-0.3, -0.25) is 10.1 Å². The molecule has 2 rings (SSSR count). The van der Waals surface area contributed by atoms with Crippen molar-refractivity contribution in [3.8, 4) is 5.75 Å². The minimum atomic E-state index is -0.422. The van der Waals surface area contributed by atoms with Crippen LogP contribution in [0.2, 0.25) is 0 Å². The van der Waals surface area contributed by atoms with Crippen LogP contribution < -0.4 is 5.32 Å². The van der Waals surface area contributed by atoms with Crippen molar-refractivity contribution in [1.29, 1.82) is 0 Å². The summed E-state index contributed by atoms with van der Waals surface area (Å²) in [5.74, 6) is 0.229. The molecule has 0 amide bonds. The van der Waals surface area contributed by atoms with Crippen LogP contribution in [0.25, 0.3) is 0 Å². The number of para-hydroxylation sites is 1. The summed E-state index contributed by atoms with van der Waals surface area (Å²) in [6, 6.07) is 11.7. The molecule has 98 valence electrons. The van der Waals surface area contributed by atoms with Gasteiger partial charge in [-0.05, 0) is 34.7 Å². The van der Waals surface area contributed by atoms with Crippen LogP contribution in [0, 0.1) is 13.7 Å². The van der Waals surface area contributed by atoms with E-state index >= 15 is 0 Å². The third-order valence-corrected chi connectivity index (χ3v) is 3.52. The largest absolute Gasteiger partial charge is 0.508 e. The normalized spacial score (nSPS) is 10.2. The van der Waals surface area contributed by atoms with Crippen LogP contribution in [0.1, 0.15) is 5.56 Å². The molecular weight excluding hydrogens is 359 g/mol. The van der Waals surface area contributed by atoms with Gasteiger partial charge in [-0.1, -0.05) is 18.2 Å². The van der Waals surface area contributed by atoms with E-state index in [4.69, 9.17) is 0 Å². The minimum Gasteiger partial charge on any atom is -0.508 e. The van der Waals surface area contributed by atoms with E-state index in [1.165, 1.54) is 12.1 Å². The van der Waals surface area contributed by atoms with Gasteiger partial charge in [-0.2, -0.15) is 0 Å². The number of rotatable bonds is 4. The highest BCUT2D eigenvalue weighted by Gasteiger charge is 2.09. The van der Waals surface area contributed by atoms with E-state index < -0.39 is 4.92 Å². The summed E-state index contributed by atoms with van der Waals surface area (Å²) < 4.78 is 0.766. The quantitative estimate of drug-likeness (QED) is 0.491. The van der Waals surface area contributed by atoms with Gasteiger partial charge < -0.3 is 10.4 Å². The SMILES string of the molecule is O=[N+]([O-])c1ccc(NCc2ccccc2O)c(I)c1. The molecule has 2 N–H and O–H groups in total. The van der Waals surface area contributed by atoms with Gasteiger partial charge >= 0.3 is 0 Å². The van der Waals surface area contributed by atoms with Crippen LogP contribution in [-0.4, -0.2) is 10.0 Å². The fraction of sp³-hybridized carbons (Fsp3) is 0.0769. The highest BCUT2D eigenvalue weighted by Crippen LogP contribution is 2.25. The number of nitro groups is 1. The number of halogens is 1. The van der Waals surface area contributed by atoms with Crippen molar-refractivity contribution in [3.05, 3.63) is 61.7 Å². The molecule has 0 heterocycles. The predicted octanol–water partition coefficient (Wildman–Crippen LogP) is 3.52. The summed E-state index contributed by atoms with van der Waals surface area (Å²) in [6.45, 7) is 0.459. The van der Waals surface area contributed by atoms with Crippen LogP contribution >= 0.6 is 22.6 Å². The standard InChI is InChI=1S/C13H11IN2O3/c14-11-7-10(16(18)19)5-6-12(11)15-8-9-3-1-2-4-13(9)17/h1-7,15,17H,8H2. The number of hydrogen-bond acceptors (Lipinski definition) is 4. The maximum absolute atomic E-state index is 10.6. The zero-order valence-corrected chi connectivity index (χ0v) is 12.0. The molecule has 2 aromatic carbocycles. The number of aromatic hydroxyl groups is 1. The lowest BCUT2D eigenvalue weighted by Gasteiger charge is -2.09. The second kappa shape index (κ2) is 5.87. The first-order valence-corrected chi connectivity index (χ1v) is 6.60. The Bertz CT molecular complexity index is 617. The van der Waals surface area contributed by atoms with Gasteiger partial charge in [-0.15, -0.1) is 0 Å². The molecule has 0 aliphatic carbocycles. The summed E-state index contributed by atoms with van der Waals surface area (Å²) in [6.07, 6.45) is 0. The number of anilines is 1. The summed E-state index contributed by atoms with van der Waals surface area (Å²) in [4.78, 5) is 10.2. The van der Waals surface area contributed by atoms with Gasteiger partial charge in [0, 0.05) is 33.5 Å².